The molecule has 3 heterocycles. The minimum atomic E-state index is -0.502. The summed E-state index contributed by atoms with van der Waals surface area (Å²) in [6, 6.07) is 83.3. The Hall–Kier alpha value is -8.38. The molecule has 0 saturated heterocycles. The minimum absolute atomic E-state index is 0.502. The average Bonchev–Trinajstić information content (AvgIpc) is 3.91. The van der Waals surface area contributed by atoms with Gasteiger partial charge >= 0.3 is 0 Å². The standard InChI is InChI=1S/C62H38N4S/c1-3-16-39(17-4-1)40-30-32-43(33-31-40)60-63-59(42-19-5-2-6-20-42)64-61(65-60)44-21-15-22-45(38-44)66-56-46-23-8-7-18-41(46)34-35-49(56)50-36-37-54-58(57(50)66)67-55-29-14-13-28-53(55)62(54)51-26-11-9-24-47(51)48-25-10-12-27-52(48)62/h1-38H. The van der Waals surface area contributed by atoms with Gasteiger partial charge in [0.05, 0.1) is 16.4 Å². The van der Waals surface area contributed by atoms with Gasteiger partial charge in [-0.25, -0.2) is 15.0 Å². The molecule has 10 aromatic carbocycles. The van der Waals surface area contributed by atoms with Crippen molar-refractivity contribution in [2.24, 2.45) is 0 Å². The van der Waals surface area contributed by atoms with Crippen LogP contribution in [0.4, 0.5) is 0 Å². The molecule has 2 aromatic heterocycles. The molecule has 1 aliphatic heterocycles. The molecule has 0 radical (unpaired) electrons. The van der Waals surface area contributed by atoms with Crippen molar-refractivity contribution in [3.63, 3.8) is 0 Å². The molecule has 14 rings (SSSR count). The van der Waals surface area contributed by atoms with Crippen molar-refractivity contribution in [2.45, 2.75) is 15.2 Å². The third-order valence-electron chi connectivity index (χ3n) is 13.9. The largest absolute Gasteiger partial charge is 0.307 e. The monoisotopic (exact) mass is 870 g/mol. The maximum absolute atomic E-state index is 5.25. The van der Waals surface area contributed by atoms with Crippen LogP contribution in [0, 0.1) is 0 Å². The lowest BCUT2D eigenvalue weighted by Crippen LogP contribution is -2.32. The highest BCUT2D eigenvalue weighted by atomic mass is 32.2. The summed E-state index contributed by atoms with van der Waals surface area (Å²) in [5, 5.41) is 4.84. The minimum Gasteiger partial charge on any atom is -0.307 e. The van der Waals surface area contributed by atoms with Gasteiger partial charge < -0.3 is 4.57 Å². The van der Waals surface area contributed by atoms with Crippen LogP contribution in [0.1, 0.15) is 22.3 Å². The van der Waals surface area contributed by atoms with Crippen molar-refractivity contribution in [2.75, 3.05) is 0 Å². The van der Waals surface area contributed by atoms with Gasteiger partial charge in [-0.05, 0) is 68.1 Å². The fourth-order valence-corrected chi connectivity index (χ4v) is 12.3. The predicted molar refractivity (Wildman–Crippen MR) is 275 cm³/mol. The number of hydrogen-bond acceptors (Lipinski definition) is 4. The highest BCUT2D eigenvalue weighted by Gasteiger charge is 2.50. The van der Waals surface area contributed by atoms with Crippen molar-refractivity contribution < 1.29 is 0 Å². The average molecular weight is 871 g/mol. The van der Waals surface area contributed by atoms with Gasteiger partial charge in [-0.2, -0.15) is 0 Å². The molecule has 0 fully saturated rings. The summed E-state index contributed by atoms with van der Waals surface area (Å²) >= 11 is 1.90. The highest BCUT2D eigenvalue weighted by molar-refractivity contribution is 7.99. The van der Waals surface area contributed by atoms with Crippen LogP contribution in [-0.2, 0) is 5.41 Å². The van der Waals surface area contributed by atoms with Gasteiger partial charge in [0.1, 0.15) is 0 Å². The lowest BCUT2D eigenvalue weighted by atomic mass is 9.67. The van der Waals surface area contributed by atoms with E-state index in [1.807, 2.05) is 36.0 Å². The molecule has 2 aliphatic rings. The molecule has 5 heteroatoms. The molecule has 312 valence electrons. The number of benzene rings is 10. The van der Waals surface area contributed by atoms with E-state index in [1.54, 1.807) is 0 Å². The van der Waals surface area contributed by atoms with E-state index in [0.717, 1.165) is 27.9 Å². The molecule has 0 amide bonds. The maximum Gasteiger partial charge on any atom is 0.164 e. The Morgan fingerprint density at radius 3 is 1.60 bits per heavy atom. The SMILES string of the molecule is c1ccc(-c2ccc(-c3nc(-c4ccccc4)nc(-c4cccc(-n5c6c7c(ccc6c6ccc8ccccc8c65)C5(c6ccccc6S7)c6ccccc6-c6ccccc65)c4)n3)cc2)cc1. The second kappa shape index (κ2) is 14.8. The molecule has 0 N–H and O–H groups in total. The van der Waals surface area contributed by atoms with Crippen molar-refractivity contribution in [1.82, 2.24) is 19.5 Å². The predicted octanol–water partition coefficient (Wildman–Crippen LogP) is 15.6. The van der Waals surface area contributed by atoms with E-state index in [4.69, 9.17) is 15.0 Å². The van der Waals surface area contributed by atoms with E-state index in [1.165, 1.54) is 81.3 Å². The van der Waals surface area contributed by atoms with Gasteiger partial charge in [-0.15, -0.1) is 0 Å². The normalized spacial score (nSPS) is 13.1. The fraction of sp³-hybridized carbons (Fsp3) is 0.0161. The molecule has 67 heavy (non-hydrogen) atoms. The van der Waals surface area contributed by atoms with Crippen molar-refractivity contribution in [3.8, 4) is 62.1 Å². The van der Waals surface area contributed by atoms with Crippen LogP contribution in [0.15, 0.2) is 240 Å². The Morgan fingerprint density at radius 1 is 0.343 bits per heavy atom. The molecule has 0 unspecified atom stereocenters. The Balaban J connectivity index is 1.03. The van der Waals surface area contributed by atoms with E-state index >= 15 is 0 Å². The van der Waals surface area contributed by atoms with E-state index in [2.05, 4.69) is 211 Å². The number of nitrogens with zero attached hydrogens (tertiary/aromatic N) is 4. The second-order valence-electron chi connectivity index (χ2n) is 17.5. The van der Waals surface area contributed by atoms with Crippen LogP contribution in [0.25, 0.3) is 94.7 Å². The molecular formula is C62H38N4S. The van der Waals surface area contributed by atoms with Crippen molar-refractivity contribution >= 4 is 44.3 Å². The van der Waals surface area contributed by atoms with Gasteiger partial charge in [0.15, 0.2) is 17.5 Å². The molecule has 1 aliphatic carbocycles. The summed E-state index contributed by atoms with van der Waals surface area (Å²) in [5.74, 6) is 1.88. The van der Waals surface area contributed by atoms with Gasteiger partial charge in [-0.3, -0.25) is 0 Å². The van der Waals surface area contributed by atoms with E-state index in [-0.39, 0.29) is 0 Å². The topological polar surface area (TPSA) is 43.6 Å². The number of aromatic nitrogens is 4. The highest BCUT2D eigenvalue weighted by Crippen LogP contribution is 2.63. The molecule has 0 bridgehead atoms. The van der Waals surface area contributed by atoms with Gasteiger partial charge in [-0.1, -0.05) is 224 Å². The lowest BCUT2D eigenvalue weighted by Gasteiger charge is -2.40. The van der Waals surface area contributed by atoms with Crippen molar-refractivity contribution in [3.05, 3.63) is 253 Å². The van der Waals surface area contributed by atoms with Crippen LogP contribution in [-0.4, -0.2) is 19.5 Å². The number of hydrogen-bond donors (Lipinski definition) is 0. The summed E-state index contributed by atoms with van der Waals surface area (Å²) in [4.78, 5) is 18.1. The third-order valence-corrected chi connectivity index (χ3v) is 15.1. The number of fused-ring (bicyclic) bond motifs is 15. The summed E-state index contributed by atoms with van der Waals surface area (Å²) in [6.07, 6.45) is 0. The zero-order chi connectivity index (χ0) is 44.1. The van der Waals surface area contributed by atoms with Crippen molar-refractivity contribution in [1.29, 1.82) is 0 Å². The lowest BCUT2D eigenvalue weighted by molar-refractivity contribution is 0.724. The van der Waals surface area contributed by atoms with Gasteiger partial charge in [0, 0.05) is 48.3 Å². The quantitative estimate of drug-likeness (QED) is 0.173. The van der Waals surface area contributed by atoms with E-state index in [9.17, 15) is 0 Å². The molecule has 1 spiro atoms. The summed E-state index contributed by atoms with van der Waals surface area (Å²) in [5.41, 5.74) is 15.9. The van der Waals surface area contributed by atoms with Crippen LogP contribution in [0.5, 0.6) is 0 Å². The number of rotatable bonds is 5. The van der Waals surface area contributed by atoms with Gasteiger partial charge in [0.25, 0.3) is 0 Å². The van der Waals surface area contributed by atoms with Gasteiger partial charge in [0.2, 0.25) is 0 Å². The molecular weight excluding hydrogens is 833 g/mol. The zero-order valence-electron chi connectivity index (χ0n) is 36.1. The molecule has 12 aromatic rings. The first-order valence-corrected chi connectivity index (χ1v) is 23.6. The fourth-order valence-electron chi connectivity index (χ4n) is 11.0. The Bertz CT molecular complexity index is 3900. The van der Waals surface area contributed by atoms with Crippen LogP contribution >= 0.6 is 11.8 Å². The Kier molecular flexibility index (Phi) is 8.40. The molecule has 0 atom stereocenters. The molecule has 4 nitrogen and oxygen atoms in total. The smallest absolute Gasteiger partial charge is 0.164 e. The molecule has 0 saturated carbocycles. The Labute approximate surface area is 391 Å². The first-order valence-electron chi connectivity index (χ1n) is 22.8. The van der Waals surface area contributed by atoms with Crippen LogP contribution < -0.4 is 0 Å². The Morgan fingerprint density at radius 2 is 0.866 bits per heavy atom. The van der Waals surface area contributed by atoms with Crippen LogP contribution in [0.2, 0.25) is 0 Å². The van der Waals surface area contributed by atoms with E-state index in [0.29, 0.717) is 17.5 Å². The second-order valence-corrected chi connectivity index (χ2v) is 18.5. The summed E-state index contributed by atoms with van der Waals surface area (Å²) in [7, 11) is 0. The first kappa shape index (κ1) is 37.9. The third kappa shape index (κ3) is 5.65. The summed E-state index contributed by atoms with van der Waals surface area (Å²) in [6.45, 7) is 0. The first-order chi connectivity index (χ1) is 33.2. The summed E-state index contributed by atoms with van der Waals surface area (Å²) < 4.78 is 2.53. The zero-order valence-corrected chi connectivity index (χ0v) is 37.0. The maximum atomic E-state index is 5.25. The van der Waals surface area contributed by atoms with E-state index < -0.39 is 5.41 Å². The van der Waals surface area contributed by atoms with Crippen LogP contribution in [0.3, 0.4) is 0 Å².